The van der Waals surface area contributed by atoms with E-state index in [0.29, 0.717) is 0 Å². The first-order valence-corrected chi connectivity index (χ1v) is 5.48. The van der Waals surface area contributed by atoms with Gasteiger partial charge in [-0.25, -0.2) is 0 Å². The van der Waals surface area contributed by atoms with E-state index in [-0.39, 0.29) is 12.4 Å². The first-order valence-electron chi connectivity index (χ1n) is 4.60. The highest BCUT2D eigenvalue weighted by molar-refractivity contribution is 7.10. The van der Waals surface area contributed by atoms with Gasteiger partial charge >= 0.3 is 0 Å². The topological polar surface area (TPSA) is 12.0 Å². The average molecular weight is 218 g/mol. The summed E-state index contributed by atoms with van der Waals surface area (Å²) >= 11 is 1.91. The molecule has 0 amide bonds. The molecule has 1 N–H and O–H groups in total. The lowest BCUT2D eigenvalue weighted by molar-refractivity contribution is 0.584. The Morgan fingerprint density at radius 1 is 1.62 bits per heavy atom. The van der Waals surface area contributed by atoms with Gasteiger partial charge in [0.25, 0.3) is 0 Å². The number of nitrogens with one attached hydrogen (secondary N) is 1. The highest BCUT2D eigenvalue weighted by Gasteiger charge is 2.15. The van der Waals surface area contributed by atoms with Gasteiger partial charge in [-0.15, -0.1) is 23.7 Å². The van der Waals surface area contributed by atoms with E-state index in [1.807, 2.05) is 11.3 Å². The van der Waals surface area contributed by atoms with Crippen LogP contribution < -0.4 is 5.32 Å². The zero-order valence-corrected chi connectivity index (χ0v) is 9.51. The molecule has 1 unspecified atom stereocenters. The number of halogens is 1. The molecule has 2 heterocycles. The molecule has 1 aliphatic rings. The molecule has 2 rings (SSSR count). The lowest BCUT2D eigenvalue weighted by Gasteiger charge is -2.06. The molecule has 0 aliphatic carbocycles. The van der Waals surface area contributed by atoms with Crippen LogP contribution in [0.1, 0.15) is 16.9 Å². The van der Waals surface area contributed by atoms with Crippen molar-refractivity contribution in [1.29, 1.82) is 0 Å². The first-order chi connectivity index (χ1) is 5.86. The van der Waals surface area contributed by atoms with Crippen molar-refractivity contribution in [2.24, 2.45) is 5.92 Å². The molecule has 0 saturated carbocycles. The van der Waals surface area contributed by atoms with Gasteiger partial charge in [-0.2, -0.15) is 0 Å². The second-order valence-electron chi connectivity index (χ2n) is 3.59. The van der Waals surface area contributed by atoms with Crippen molar-refractivity contribution in [2.75, 3.05) is 13.1 Å². The molecule has 74 valence electrons. The van der Waals surface area contributed by atoms with E-state index in [9.17, 15) is 0 Å². The quantitative estimate of drug-likeness (QED) is 0.803. The molecule has 0 aromatic carbocycles. The standard InChI is InChI=1S/C10H15NS.ClH/c1-8-3-5-12-10(8)6-9-2-4-11-7-9;/h3,5,9,11H,2,4,6-7H2,1H3;1H. The van der Waals surface area contributed by atoms with Crippen LogP contribution in [-0.4, -0.2) is 13.1 Å². The smallest absolute Gasteiger partial charge is 0.00776 e. The van der Waals surface area contributed by atoms with Gasteiger partial charge in [-0.3, -0.25) is 0 Å². The Bertz CT molecular complexity index is 253. The number of aryl methyl sites for hydroxylation is 1. The van der Waals surface area contributed by atoms with E-state index in [1.54, 1.807) is 4.88 Å². The molecule has 1 aliphatic heterocycles. The van der Waals surface area contributed by atoms with Crippen LogP contribution in [0.3, 0.4) is 0 Å². The third kappa shape index (κ3) is 2.70. The molecule has 1 saturated heterocycles. The van der Waals surface area contributed by atoms with E-state index in [2.05, 4.69) is 23.7 Å². The Morgan fingerprint density at radius 3 is 3.00 bits per heavy atom. The van der Waals surface area contributed by atoms with E-state index < -0.39 is 0 Å². The SMILES string of the molecule is Cc1ccsc1CC1CCNC1.Cl. The van der Waals surface area contributed by atoms with Gasteiger partial charge in [0, 0.05) is 4.88 Å². The molecular weight excluding hydrogens is 202 g/mol. The van der Waals surface area contributed by atoms with Crippen LogP contribution in [0.15, 0.2) is 11.4 Å². The van der Waals surface area contributed by atoms with Crippen LogP contribution in [0, 0.1) is 12.8 Å². The van der Waals surface area contributed by atoms with Gasteiger partial charge in [0.05, 0.1) is 0 Å². The fourth-order valence-corrected chi connectivity index (χ4v) is 2.79. The van der Waals surface area contributed by atoms with Crippen LogP contribution in [0.2, 0.25) is 0 Å². The summed E-state index contributed by atoms with van der Waals surface area (Å²) in [6.45, 7) is 4.65. The summed E-state index contributed by atoms with van der Waals surface area (Å²) in [6.07, 6.45) is 2.65. The predicted octanol–water partition coefficient (Wildman–Crippen LogP) is 2.63. The molecule has 3 heteroatoms. The van der Waals surface area contributed by atoms with E-state index in [4.69, 9.17) is 0 Å². The van der Waals surface area contributed by atoms with Crippen molar-refractivity contribution in [3.8, 4) is 0 Å². The Hall–Kier alpha value is -0.0500. The minimum atomic E-state index is 0. The third-order valence-electron chi connectivity index (χ3n) is 2.60. The van der Waals surface area contributed by atoms with Crippen molar-refractivity contribution in [3.05, 3.63) is 21.9 Å². The fourth-order valence-electron chi connectivity index (χ4n) is 1.76. The van der Waals surface area contributed by atoms with Crippen LogP contribution in [-0.2, 0) is 6.42 Å². The van der Waals surface area contributed by atoms with Gasteiger partial charge in [-0.1, -0.05) is 0 Å². The van der Waals surface area contributed by atoms with E-state index >= 15 is 0 Å². The number of thiophene rings is 1. The Labute approximate surface area is 90.0 Å². The number of rotatable bonds is 2. The normalized spacial score (nSPS) is 21.5. The first kappa shape index (κ1) is 11.0. The second kappa shape index (κ2) is 4.99. The molecule has 1 aromatic heterocycles. The fraction of sp³-hybridized carbons (Fsp3) is 0.600. The van der Waals surface area contributed by atoms with Crippen molar-refractivity contribution in [2.45, 2.75) is 19.8 Å². The lowest BCUT2D eigenvalue weighted by Crippen LogP contribution is -2.10. The maximum Gasteiger partial charge on any atom is 0.00776 e. The molecule has 1 aromatic rings. The summed E-state index contributed by atoms with van der Waals surface area (Å²) < 4.78 is 0. The van der Waals surface area contributed by atoms with Gasteiger partial charge in [-0.05, 0) is 55.8 Å². The van der Waals surface area contributed by atoms with Gasteiger partial charge in [0.2, 0.25) is 0 Å². The van der Waals surface area contributed by atoms with Crippen molar-refractivity contribution in [1.82, 2.24) is 5.32 Å². The summed E-state index contributed by atoms with van der Waals surface area (Å²) in [6, 6.07) is 2.22. The van der Waals surface area contributed by atoms with E-state index in [1.165, 1.54) is 31.5 Å². The Morgan fingerprint density at radius 2 is 2.46 bits per heavy atom. The summed E-state index contributed by atoms with van der Waals surface area (Å²) in [5, 5.41) is 5.61. The zero-order chi connectivity index (χ0) is 8.39. The minimum absolute atomic E-state index is 0. The molecule has 0 spiro atoms. The van der Waals surface area contributed by atoms with Crippen molar-refractivity contribution < 1.29 is 0 Å². The maximum absolute atomic E-state index is 3.41. The van der Waals surface area contributed by atoms with Crippen LogP contribution in [0.25, 0.3) is 0 Å². The van der Waals surface area contributed by atoms with Crippen molar-refractivity contribution >= 4 is 23.7 Å². The molecule has 13 heavy (non-hydrogen) atoms. The van der Waals surface area contributed by atoms with Gasteiger partial charge in [0.1, 0.15) is 0 Å². The monoisotopic (exact) mass is 217 g/mol. The summed E-state index contributed by atoms with van der Waals surface area (Å²) in [5.41, 5.74) is 1.48. The second-order valence-corrected chi connectivity index (χ2v) is 4.59. The highest BCUT2D eigenvalue weighted by atomic mass is 35.5. The molecule has 0 radical (unpaired) electrons. The van der Waals surface area contributed by atoms with Gasteiger partial charge in [0.15, 0.2) is 0 Å². The van der Waals surface area contributed by atoms with Crippen LogP contribution in [0.4, 0.5) is 0 Å². The van der Waals surface area contributed by atoms with Crippen LogP contribution >= 0.6 is 23.7 Å². The zero-order valence-electron chi connectivity index (χ0n) is 7.88. The molecule has 0 bridgehead atoms. The minimum Gasteiger partial charge on any atom is -0.316 e. The summed E-state index contributed by atoms with van der Waals surface area (Å²) in [7, 11) is 0. The van der Waals surface area contributed by atoms with Crippen LogP contribution in [0.5, 0.6) is 0 Å². The molecule has 1 fully saturated rings. The number of hydrogen-bond donors (Lipinski definition) is 1. The average Bonchev–Trinajstić information content (AvgIpc) is 2.65. The van der Waals surface area contributed by atoms with Crippen molar-refractivity contribution in [3.63, 3.8) is 0 Å². The Kier molecular flexibility index (Phi) is 4.23. The molecule has 1 atom stereocenters. The highest BCUT2D eigenvalue weighted by Crippen LogP contribution is 2.22. The predicted molar refractivity (Wildman–Crippen MR) is 61.0 cm³/mol. The summed E-state index contributed by atoms with van der Waals surface area (Å²) in [4.78, 5) is 1.59. The third-order valence-corrected chi connectivity index (χ3v) is 3.65. The van der Waals surface area contributed by atoms with E-state index in [0.717, 1.165) is 5.92 Å². The largest absolute Gasteiger partial charge is 0.316 e. The Balaban J connectivity index is 0.000000845. The maximum atomic E-state index is 3.41. The lowest BCUT2D eigenvalue weighted by atomic mass is 10.0. The molecule has 1 nitrogen and oxygen atoms in total. The summed E-state index contributed by atoms with van der Waals surface area (Å²) in [5.74, 6) is 0.891. The molecular formula is C10H16ClNS. The van der Waals surface area contributed by atoms with Gasteiger partial charge < -0.3 is 5.32 Å². The number of hydrogen-bond acceptors (Lipinski definition) is 2.